The third kappa shape index (κ3) is 5.52. The van der Waals surface area contributed by atoms with Crippen LogP contribution in [-0.2, 0) is 14.8 Å². The molecular formula is C23H32N4O4S. The van der Waals surface area contributed by atoms with Crippen molar-refractivity contribution in [3.8, 4) is 5.75 Å². The zero-order chi connectivity index (χ0) is 23.3. The summed E-state index contributed by atoms with van der Waals surface area (Å²) in [5.74, 6) is 0.315. The molecule has 0 aliphatic carbocycles. The summed E-state index contributed by atoms with van der Waals surface area (Å²) in [6.45, 7) is 3.00. The maximum atomic E-state index is 13.1. The van der Waals surface area contributed by atoms with E-state index in [2.05, 4.69) is 10.6 Å². The Labute approximate surface area is 190 Å². The van der Waals surface area contributed by atoms with E-state index >= 15 is 0 Å². The molecule has 9 heteroatoms. The minimum absolute atomic E-state index is 0.0227. The monoisotopic (exact) mass is 460 g/mol. The van der Waals surface area contributed by atoms with Gasteiger partial charge in [-0.3, -0.25) is 4.79 Å². The molecule has 0 saturated carbocycles. The van der Waals surface area contributed by atoms with Crippen LogP contribution in [0.5, 0.6) is 5.75 Å². The number of ether oxygens (including phenoxy) is 1. The predicted octanol–water partition coefficient (Wildman–Crippen LogP) is 3.29. The number of rotatable bonds is 8. The van der Waals surface area contributed by atoms with E-state index in [1.54, 1.807) is 35.7 Å². The molecule has 32 heavy (non-hydrogen) atoms. The average Bonchev–Trinajstić information content (AvgIpc) is 2.78. The van der Waals surface area contributed by atoms with E-state index in [9.17, 15) is 13.2 Å². The molecule has 0 atom stereocenters. The Balaban J connectivity index is 1.78. The number of hydrogen-bond donors (Lipinski definition) is 2. The van der Waals surface area contributed by atoms with Crippen LogP contribution in [0.4, 0.5) is 17.1 Å². The molecule has 0 spiro atoms. The van der Waals surface area contributed by atoms with Crippen LogP contribution in [0.25, 0.3) is 0 Å². The average molecular weight is 461 g/mol. The number of sulfonamides is 1. The highest BCUT2D eigenvalue weighted by Gasteiger charge is 2.26. The number of aryl methyl sites for hydroxylation is 1. The molecule has 0 aromatic heterocycles. The molecule has 1 aliphatic heterocycles. The second-order valence-electron chi connectivity index (χ2n) is 8.14. The Morgan fingerprint density at radius 2 is 1.78 bits per heavy atom. The largest absolute Gasteiger partial charge is 0.495 e. The number of benzene rings is 2. The lowest BCUT2D eigenvalue weighted by Gasteiger charge is -2.27. The summed E-state index contributed by atoms with van der Waals surface area (Å²) >= 11 is 0. The van der Waals surface area contributed by atoms with Gasteiger partial charge in [-0.1, -0.05) is 12.5 Å². The zero-order valence-corrected chi connectivity index (χ0v) is 20.0. The van der Waals surface area contributed by atoms with E-state index in [1.165, 1.54) is 0 Å². The first kappa shape index (κ1) is 23.9. The van der Waals surface area contributed by atoms with E-state index in [0.717, 1.165) is 30.5 Å². The van der Waals surface area contributed by atoms with Gasteiger partial charge >= 0.3 is 0 Å². The summed E-state index contributed by atoms with van der Waals surface area (Å²) in [6, 6.07) is 10.6. The highest BCUT2D eigenvalue weighted by Crippen LogP contribution is 2.30. The SMILES string of the molecule is COc1ccc(C)cc1NC(=O)CNc1cc(S(=O)(=O)N2CCCCC2)ccc1N(C)C. The van der Waals surface area contributed by atoms with Gasteiger partial charge in [0.25, 0.3) is 0 Å². The van der Waals surface area contributed by atoms with Crippen LogP contribution in [0.15, 0.2) is 41.3 Å². The molecule has 3 rings (SSSR count). The van der Waals surface area contributed by atoms with Crippen molar-refractivity contribution in [1.29, 1.82) is 0 Å². The second kappa shape index (κ2) is 10.2. The molecule has 0 bridgehead atoms. The standard InChI is InChI=1S/C23H32N4O4S/c1-17-8-11-22(31-4)20(14-17)25-23(28)16-24-19-15-18(9-10-21(19)26(2)3)32(29,30)27-12-6-5-7-13-27/h8-11,14-15,24H,5-7,12-13,16H2,1-4H3,(H,25,28). The maximum absolute atomic E-state index is 13.1. The molecular weight excluding hydrogens is 428 g/mol. The van der Waals surface area contributed by atoms with Crippen LogP contribution in [0.1, 0.15) is 24.8 Å². The number of carbonyl (C=O) groups excluding carboxylic acids is 1. The summed E-state index contributed by atoms with van der Waals surface area (Å²) < 4.78 is 33.0. The first-order valence-corrected chi connectivity index (χ1v) is 12.2. The molecule has 2 aromatic rings. The smallest absolute Gasteiger partial charge is 0.243 e. The molecule has 2 N–H and O–H groups in total. The lowest BCUT2D eigenvalue weighted by Crippen LogP contribution is -2.35. The fraction of sp³-hybridized carbons (Fsp3) is 0.435. The van der Waals surface area contributed by atoms with Gasteiger partial charge in [0.1, 0.15) is 5.75 Å². The Hall–Kier alpha value is -2.78. The predicted molar refractivity (Wildman–Crippen MR) is 128 cm³/mol. The molecule has 0 unspecified atom stereocenters. The summed E-state index contributed by atoms with van der Waals surface area (Å²) in [7, 11) is 1.73. The molecule has 1 amide bonds. The first-order chi connectivity index (χ1) is 15.2. The van der Waals surface area contributed by atoms with Gasteiger partial charge in [0, 0.05) is 27.2 Å². The van der Waals surface area contributed by atoms with Crippen LogP contribution in [0.3, 0.4) is 0 Å². The minimum Gasteiger partial charge on any atom is -0.495 e. The number of nitrogens with zero attached hydrogens (tertiary/aromatic N) is 2. The normalized spacial score (nSPS) is 14.6. The molecule has 1 aliphatic rings. The minimum atomic E-state index is -3.57. The Morgan fingerprint density at radius 1 is 1.06 bits per heavy atom. The third-order valence-electron chi connectivity index (χ3n) is 5.47. The fourth-order valence-electron chi connectivity index (χ4n) is 3.75. The Bertz CT molecular complexity index is 1060. The Kier molecular flexibility index (Phi) is 7.63. The highest BCUT2D eigenvalue weighted by atomic mass is 32.2. The number of hydrogen-bond acceptors (Lipinski definition) is 6. The molecule has 8 nitrogen and oxygen atoms in total. The van der Waals surface area contributed by atoms with Crippen molar-refractivity contribution in [3.63, 3.8) is 0 Å². The lowest BCUT2D eigenvalue weighted by molar-refractivity contribution is -0.114. The van der Waals surface area contributed by atoms with Crippen molar-refractivity contribution in [2.24, 2.45) is 0 Å². The summed E-state index contributed by atoms with van der Waals surface area (Å²) in [6.07, 6.45) is 2.81. The lowest BCUT2D eigenvalue weighted by atomic mass is 10.2. The van der Waals surface area contributed by atoms with Crippen molar-refractivity contribution in [2.75, 3.05) is 56.4 Å². The van der Waals surface area contributed by atoms with Crippen molar-refractivity contribution >= 4 is 33.0 Å². The topological polar surface area (TPSA) is 91.0 Å². The molecule has 2 aromatic carbocycles. The number of anilines is 3. The summed E-state index contributed by atoms with van der Waals surface area (Å²) in [5.41, 5.74) is 2.97. The van der Waals surface area contributed by atoms with Crippen molar-refractivity contribution in [2.45, 2.75) is 31.1 Å². The second-order valence-corrected chi connectivity index (χ2v) is 10.1. The first-order valence-electron chi connectivity index (χ1n) is 10.7. The van der Waals surface area contributed by atoms with Gasteiger partial charge in [0.2, 0.25) is 15.9 Å². The zero-order valence-electron chi connectivity index (χ0n) is 19.1. The highest BCUT2D eigenvalue weighted by molar-refractivity contribution is 7.89. The van der Waals surface area contributed by atoms with Crippen LogP contribution in [-0.4, -0.2) is 59.5 Å². The van der Waals surface area contributed by atoms with Crippen LogP contribution in [0.2, 0.25) is 0 Å². The summed E-state index contributed by atoms with van der Waals surface area (Å²) in [4.78, 5) is 14.7. The number of piperidine rings is 1. The van der Waals surface area contributed by atoms with Gasteiger partial charge in [-0.2, -0.15) is 4.31 Å². The van der Waals surface area contributed by atoms with Gasteiger partial charge in [0.05, 0.1) is 35.6 Å². The van der Waals surface area contributed by atoms with Crippen LogP contribution in [0, 0.1) is 6.92 Å². The number of nitrogens with one attached hydrogen (secondary N) is 2. The van der Waals surface area contributed by atoms with Crippen molar-refractivity contribution in [1.82, 2.24) is 4.31 Å². The van der Waals surface area contributed by atoms with E-state index in [1.807, 2.05) is 38.1 Å². The molecule has 174 valence electrons. The van der Waals surface area contributed by atoms with E-state index in [-0.39, 0.29) is 17.3 Å². The number of methoxy groups -OCH3 is 1. The van der Waals surface area contributed by atoms with Gasteiger partial charge in [-0.25, -0.2) is 8.42 Å². The summed E-state index contributed by atoms with van der Waals surface area (Å²) in [5, 5.41) is 5.96. The molecule has 1 heterocycles. The molecule has 0 radical (unpaired) electrons. The molecule has 1 saturated heterocycles. The van der Waals surface area contributed by atoms with Crippen LogP contribution < -0.4 is 20.3 Å². The number of amides is 1. The maximum Gasteiger partial charge on any atom is 0.243 e. The van der Waals surface area contributed by atoms with Crippen molar-refractivity contribution in [3.05, 3.63) is 42.0 Å². The van der Waals surface area contributed by atoms with E-state index in [0.29, 0.717) is 30.2 Å². The van der Waals surface area contributed by atoms with E-state index < -0.39 is 10.0 Å². The molecule has 1 fully saturated rings. The van der Waals surface area contributed by atoms with Gasteiger partial charge in [-0.05, 0) is 55.7 Å². The van der Waals surface area contributed by atoms with E-state index in [4.69, 9.17) is 4.74 Å². The van der Waals surface area contributed by atoms with Gasteiger partial charge < -0.3 is 20.3 Å². The van der Waals surface area contributed by atoms with Gasteiger partial charge in [0.15, 0.2) is 0 Å². The Morgan fingerprint density at radius 3 is 2.44 bits per heavy atom. The fourth-order valence-corrected chi connectivity index (χ4v) is 5.29. The quantitative estimate of drug-likeness (QED) is 0.628. The van der Waals surface area contributed by atoms with Crippen molar-refractivity contribution < 1.29 is 17.9 Å². The van der Waals surface area contributed by atoms with Crippen LogP contribution >= 0.6 is 0 Å². The van der Waals surface area contributed by atoms with Gasteiger partial charge in [-0.15, -0.1) is 0 Å². The number of carbonyl (C=O) groups is 1. The third-order valence-corrected chi connectivity index (χ3v) is 7.37.